The van der Waals surface area contributed by atoms with Crippen molar-refractivity contribution < 1.29 is 18.2 Å². The van der Waals surface area contributed by atoms with E-state index in [1.165, 1.54) is 0 Å². The molecule has 0 fully saturated rings. The first kappa shape index (κ1) is 16.4. The van der Waals surface area contributed by atoms with Gasteiger partial charge in [-0.15, -0.1) is 5.10 Å². The molecule has 0 saturated carbocycles. The van der Waals surface area contributed by atoms with Gasteiger partial charge < -0.3 is 14.0 Å². The molecular formula is C15H15N4O4S-. The Morgan fingerprint density at radius 1 is 1.21 bits per heavy atom. The van der Waals surface area contributed by atoms with Gasteiger partial charge in [-0.1, -0.05) is 17.3 Å². The summed E-state index contributed by atoms with van der Waals surface area (Å²) < 4.78 is 35.7. The van der Waals surface area contributed by atoms with Gasteiger partial charge in [-0.3, -0.25) is 4.21 Å². The Hall–Kier alpha value is -2.49. The van der Waals surface area contributed by atoms with Crippen LogP contribution in [0.5, 0.6) is 11.5 Å². The summed E-state index contributed by atoms with van der Waals surface area (Å²) in [5.41, 5.74) is 3.01. The van der Waals surface area contributed by atoms with Crippen LogP contribution in [-0.4, -0.2) is 38.0 Å². The van der Waals surface area contributed by atoms with Gasteiger partial charge in [-0.05, 0) is 17.7 Å². The minimum atomic E-state index is -2.28. The van der Waals surface area contributed by atoms with Crippen LogP contribution < -0.4 is 14.2 Å². The summed E-state index contributed by atoms with van der Waals surface area (Å²) in [5, 5.41) is 8.33. The molecule has 1 atom stereocenters. The maximum Gasteiger partial charge on any atom is 0.155 e. The first-order chi connectivity index (χ1) is 11.6. The van der Waals surface area contributed by atoms with Crippen LogP contribution in [0.25, 0.3) is 16.7 Å². The average Bonchev–Trinajstić information content (AvgIpc) is 3.03. The highest BCUT2D eigenvalue weighted by molar-refractivity contribution is 7.77. The topological polar surface area (TPSA) is 101 Å². The molecule has 0 radical (unpaired) electrons. The molecule has 3 rings (SSSR count). The summed E-state index contributed by atoms with van der Waals surface area (Å²) in [7, 11) is 3.14. The molecule has 24 heavy (non-hydrogen) atoms. The Balaban J connectivity index is 1.98. The molecule has 0 aliphatic carbocycles. The van der Waals surface area contributed by atoms with Crippen molar-refractivity contribution in [1.82, 2.24) is 19.7 Å². The number of methoxy groups -OCH3 is 2. The fraction of sp³-hybridized carbons (Fsp3) is 0.200. The Morgan fingerprint density at radius 2 is 1.96 bits per heavy atom. The number of nitrogens with one attached hydrogen (secondary N) is 1. The van der Waals surface area contributed by atoms with Gasteiger partial charge in [-0.2, -0.15) is 0 Å². The SMILES string of the molecule is COc1cc(OC)c2nnn(-c3ccc(CNS(=O)[O-])cc3)c2c1. The van der Waals surface area contributed by atoms with E-state index in [0.29, 0.717) is 17.0 Å². The van der Waals surface area contributed by atoms with E-state index < -0.39 is 11.3 Å². The Morgan fingerprint density at radius 3 is 2.58 bits per heavy atom. The number of ether oxygens (including phenoxy) is 2. The van der Waals surface area contributed by atoms with E-state index in [9.17, 15) is 8.76 Å². The lowest BCUT2D eigenvalue weighted by Crippen LogP contribution is -2.15. The van der Waals surface area contributed by atoms with Crippen LogP contribution in [0.1, 0.15) is 5.56 Å². The van der Waals surface area contributed by atoms with Crippen molar-refractivity contribution in [2.45, 2.75) is 6.54 Å². The predicted molar refractivity (Wildman–Crippen MR) is 87.7 cm³/mol. The number of benzene rings is 2. The molecule has 0 aliphatic rings. The van der Waals surface area contributed by atoms with Gasteiger partial charge in [0.05, 0.1) is 19.9 Å². The third kappa shape index (κ3) is 3.23. The van der Waals surface area contributed by atoms with Crippen molar-refractivity contribution in [2.24, 2.45) is 0 Å². The Labute approximate surface area is 140 Å². The van der Waals surface area contributed by atoms with Crippen molar-refractivity contribution in [1.29, 1.82) is 0 Å². The second-order valence-electron chi connectivity index (χ2n) is 4.92. The Kier molecular flexibility index (Phi) is 4.74. The highest BCUT2D eigenvalue weighted by Gasteiger charge is 2.13. The average molecular weight is 347 g/mol. The minimum Gasteiger partial charge on any atom is -0.760 e. The lowest BCUT2D eigenvalue weighted by molar-refractivity contribution is 0.397. The number of nitrogens with zero attached hydrogens (tertiary/aromatic N) is 3. The highest BCUT2D eigenvalue weighted by atomic mass is 32.2. The largest absolute Gasteiger partial charge is 0.760 e. The van der Waals surface area contributed by atoms with E-state index in [4.69, 9.17) is 9.47 Å². The van der Waals surface area contributed by atoms with Crippen LogP contribution in [0.2, 0.25) is 0 Å². The molecule has 0 saturated heterocycles. The number of aromatic nitrogens is 3. The monoisotopic (exact) mass is 347 g/mol. The molecule has 0 amide bonds. The molecule has 2 aromatic carbocycles. The lowest BCUT2D eigenvalue weighted by atomic mass is 10.2. The summed E-state index contributed by atoms with van der Waals surface area (Å²) in [6.07, 6.45) is 0. The van der Waals surface area contributed by atoms with Crippen LogP contribution in [0, 0.1) is 0 Å². The zero-order valence-electron chi connectivity index (χ0n) is 13.1. The zero-order chi connectivity index (χ0) is 17.1. The normalized spacial score (nSPS) is 12.3. The van der Waals surface area contributed by atoms with Crippen molar-refractivity contribution >= 4 is 22.3 Å². The van der Waals surface area contributed by atoms with Gasteiger partial charge in [0.1, 0.15) is 11.3 Å². The smallest absolute Gasteiger partial charge is 0.155 e. The molecule has 0 spiro atoms. The van der Waals surface area contributed by atoms with Crippen LogP contribution in [0.4, 0.5) is 0 Å². The lowest BCUT2D eigenvalue weighted by Gasteiger charge is -2.09. The molecular weight excluding hydrogens is 332 g/mol. The second-order valence-corrected chi connectivity index (χ2v) is 5.68. The molecule has 1 N–H and O–H groups in total. The van der Waals surface area contributed by atoms with E-state index in [0.717, 1.165) is 16.8 Å². The fourth-order valence-electron chi connectivity index (χ4n) is 2.33. The summed E-state index contributed by atoms with van der Waals surface area (Å²) in [6.45, 7) is 0.232. The van der Waals surface area contributed by atoms with Crippen LogP contribution in [0.15, 0.2) is 36.4 Å². The number of fused-ring (bicyclic) bond motifs is 1. The van der Waals surface area contributed by atoms with E-state index in [2.05, 4.69) is 15.0 Å². The number of hydrogen-bond donors (Lipinski definition) is 1. The summed E-state index contributed by atoms with van der Waals surface area (Å²) >= 11 is -2.28. The summed E-state index contributed by atoms with van der Waals surface area (Å²) in [6, 6.07) is 10.9. The fourth-order valence-corrected chi connectivity index (χ4v) is 2.61. The van der Waals surface area contributed by atoms with Gasteiger partial charge in [0.25, 0.3) is 0 Å². The van der Waals surface area contributed by atoms with Crippen molar-refractivity contribution in [3.05, 3.63) is 42.0 Å². The highest BCUT2D eigenvalue weighted by Crippen LogP contribution is 2.30. The summed E-state index contributed by atoms with van der Waals surface area (Å²) in [5.74, 6) is 1.22. The van der Waals surface area contributed by atoms with Crippen LogP contribution in [0.3, 0.4) is 0 Å². The minimum absolute atomic E-state index is 0.232. The number of rotatable bonds is 6. The molecule has 0 bridgehead atoms. The molecule has 1 aromatic heterocycles. The molecule has 3 aromatic rings. The molecule has 1 heterocycles. The third-order valence-corrected chi connectivity index (χ3v) is 3.90. The quantitative estimate of drug-likeness (QED) is 0.675. The van der Waals surface area contributed by atoms with Gasteiger partial charge in [0.15, 0.2) is 11.3 Å². The maximum absolute atomic E-state index is 10.5. The Bertz CT molecular complexity index is 879. The molecule has 8 nitrogen and oxygen atoms in total. The van der Waals surface area contributed by atoms with E-state index >= 15 is 0 Å². The van der Waals surface area contributed by atoms with Gasteiger partial charge >= 0.3 is 0 Å². The zero-order valence-corrected chi connectivity index (χ0v) is 13.9. The third-order valence-electron chi connectivity index (χ3n) is 3.52. The van der Waals surface area contributed by atoms with Crippen molar-refractivity contribution in [3.8, 4) is 17.2 Å². The first-order valence-corrected chi connectivity index (χ1v) is 8.09. The summed E-state index contributed by atoms with van der Waals surface area (Å²) in [4.78, 5) is 0. The molecule has 126 valence electrons. The van der Waals surface area contributed by atoms with Crippen LogP contribution in [-0.2, 0) is 17.8 Å². The standard InChI is InChI=1S/C15H16N4O4S/c1-22-12-7-13-15(14(8-12)23-2)17-18-19(13)11-5-3-10(4-6-11)9-16-24(20)21/h3-8,16H,9H2,1-2H3,(H,20,21)/p-1. The molecule has 0 aliphatic heterocycles. The maximum atomic E-state index is 10.5. The van der Waals surface area contributed by atoms with Gasteiger partial charge in [-0.25, -0.2) is 9.40 Å². The molecule has 1 unspecified atom stereocenters. The second kappa shape index (κ2) is 6.95. The molecule has 9 heteroatoms. The van der Waals surface area contributed by atoms with Gasteiger partial charge in [0, 0.05) is 29.9 Å². The predicted octanol–water partition coefficient (Wildman–Crippen LogP) is 1.32. The van der Waals surface area contributed by atoms with E-state index in [-0.39, 0.29) is 6.54 Å². The van der Waals surface area contributed by atoms with E-state index in [1.807, 2.05) is 30.3 Å². The van der Waals surface area contributed by atoms with Gasteiger partial charge in [0.2, 0.25) is 0 Å². The van der Waals surface area contributed by atoms with Crippen LogP contribution >= 0.6 is 0 Å². The van der Waals surface area contributed by atoms with Crippen molar-refractivity contribution in [2.75, 3.05) is 14.2 Å². The number of hydrogen-bond acceptors (Lipinski definition) is 6. The van der Waals surface area contributed by atoms with Crippen molar-refractivity contribution in [3.63, 3.8) is 0 Å². The first-order valence-electron chi connectivity index (χ1n) is 7.02. The van der Waals surface area contributed by atoms with E-state index in [1.54, 1.807) is 25.0 Å².